The van der Waals surface area contributed by atoms with E-state index in [0.29, 0.717) is 0 Å². The molecule has 1 fully saturated rings. The van der Waals surface area contributed by atoms with Gasteiger partial charge in [0.15, 0.2) is 0 Å². The van der Waals surface area contributed by atoms with E-state index in [9.17, 15) is 10.1 Å². The minimum Gasteiger partial charge on any atom is -0.393 e. The molecular formula is C11H15N3O3. The van der Waals surface area contributed by atoms with Crippen LogP contribution in [0.25, 0.3) is 0 Å². The fraction of sp³-hybridized carbons (Fsp3) is 0.455. The van der Waals surface area contributed by atoms with Gasteiger partial charge in [-0.05, 0) is 11.6 Å². The molecule has 6 nitrogen and oxygen atoms in total. The molecular weight excluding hydrogens is 222 g/mol. The maximum absolute atomic E-state index is 10.6. The second-order valence-corrected chi connectivity index (χ2v) is 4.04. The first-order valence-electron chi connectivity index (χ1n) is 5.50. The van der Waals surface area contributed by atoms with E-state index in [4.69, 9.17) is 10.5 Å². The average Bonchev–Trinajstić information content (AvgIpc) is 2.30. The van der Waals surface area contributed by atoms with Crippen molar-refractivity contribution < 1.29 is 9.66 Å². The number of hydrogen-bond donors (Lipinski definition) is 1. The minimum atomic E-state index is -0.464. The Morgan fingerprint density at radius 3 is 2.71 bits per heavy atom. The molecule has 0 bridgehead atoms. The Morgan fingerprint density at radius 2 is 2.12 bits per heavy atom. The van der Waals surface area contributed by atoms with Crippen molar-refractivity contribution >= 4 is 11.4 Å². The van der Waals surface area contributed by atoms with Crippen LogP contribution in [0.3, 0.4) is 0 Å². The number of nitrogens with zero attached hydrogens (tertiary/aromatic N) is 2. The summed E-state index contributed by atoms with van der Waals surface area (Å²) in [5.74, 6) is 0. The molecule has 1 aromatic rings. The van der Waals surface area contributed by atoms with Crippen LogP contribution in [0.4, 0.5) is 11.4 Å². The predicted octanol–water partition coefficient (Wildman–Crippen LogP) is 1.01. The quantitative estimate of drug-likeness (QED) is 0.482. The maximum Gasteiger partial charge on any atom is 0.292 e. The van der Waals surface area contributed by atoms with E-state index in [1.54, 1.807) is 12.1 Å². The Morgan fingerprint density at radius 1 is 1.41 bits per heavy atom. The molecule has 0 unspecified atom stereocenters. The van der Waals surface area contributed by atoms with Gasteiger partial charge in [0.25, 0.3) is 5.69 Å². The summed E-state index contributed by atoms with van der Waals surface area (Å²) < 4.78 is 5.26. The molecule has 0 radical (unpaired) electrons. The molecule has 2 N–H and O–H groups in total. The van der Waals surface area contributed by atoms with E-state index in [2.05, 4.69) is 4.90 Å². The number of anilines is 1. The van der Waals surface area contributed by atoms with Crippen LogP contribution in [0.1, 0.15) is 5.56 Å². The first-order valence-corrected chi connectivity index (χ1v) is 5.50. The van der Waals surface area contributed by atoms with Crippen LogP contribution < -0.4 is 5.73 Å². The number of morpholine rings is 1. The van der Waals surface area contributed by atoms with Crippen molar-refractivity contribution in [2.45, 2.75) is 6.54 Å². The molecule has 92 valence electrons. The largest absolute Gasteiger partial charge is 0.393 e. The van der Waals surface area contributed by atoms with Crippen molar-refractivity contribution in [1.82, 2.24) is 4.90 Å². The molecule has 0 spiro atoms. The van der Waals surface area contributed by atoms with E-state index in [1.807, 2.05) is 0 Å². The average molecular weight is 237 g/mol. The van der Waals surface area contributed by atoms with Gasteiger partial charge in [-0.25, -0.2) is 0 Å². The van der Waals surface area contributed by atoms with Crippen molar-refractivity contribution in [2.24, 2.45) is 0 Å². The lowest BCUT2D eigenvalue weighted by molar-refractivity contribution is -0.383. The SMILES string of the molecule is Nc1cc(CN2CCOCC2)ccc1[N+](=O)[O-]. The molecule has 1 aliphatic rings. The third-order valence-electron chi connectivity index (χ3n) is 2.80. The van der Waals surface area contributed by atoms with E-state index in [-0.39, 0.29) is 11.4 Å². The topological polar surface area (TPSA) is 81.6 Å². The van der Waals surface area contributed by atoms with Gasteiger partial charge in [0.2, 0.25) is 0 Å². The number of nitrogen functional groups attached to an aromatic ring is 1. The van der Waals surface area contributed by atoms with E-state index >= 15 is 0 Å². The molecule has 0 atom stereocenters. The first-order chi connectivity index (χ1) is 8.16. The van der Waals surface area contributed by atoms with Gasteiger partial charge in [-0.3, -0.25) is 15.0 Å². The highest BCUT2D eigenvalue weighted by atomic mass is 16.6. The van der Waals surface area contributed by atoms with Crippen molar-refractivity contribution in [3.63, 3.8) is 0 Å². The van der Waals surface area contributed by atoms with Crippen molar-refractivity contribution in [3.8, 4) is 0 Å². The lowest BCUT2D eigenvalue weighted by Crippen LogP contribution is -2.35. The predicted molar refractivity (Wildman–Crippen MR) is 63.6 cm³/mol. The third kappa shape index (κ3) is 2.92. The maximum atomic E-state index is 10.6. The standard InChI is InChI=1S/C11H15N3O3/c12-10-7-9(1-2-11(10)14(15)16)8-13-3-5-17-6-4-13/h1-2,7H,3-6,8,12H2. The number of rotatable bonds is 3. The molecule has 0 amide bonds. The molecule has 0 aromatic heterocycles. The summed E-state index contributed by atoms with van der Waals surface area (Å²) in [5.41, 5.74) is 6.83. The number of nitro benzene ring substituents is 1. The van der Waals surface area contributed by atoms with Gasteiger partial charge in [-0.1, -0.05) is 6.07 Å². The molecule has 6 heteroatoms. The van der Waals surface area contributed by atoms with Crippen molar-refractivity contribution in [2.75, 3.05) is 32.0 Å². The number of benzene rings is 1. The summed E-state index contributed by atoms with van der Waals surface area (Å²) >= 11 is 0. The molecule has 1 aliphatic heterocycles. The van der Waals surface area contributed by atoms with Crippen molar-refractivity contribution in [1.29, 1.82) is 0 Å². The molecule has 1 heterocycles. The minimum absolute atomic E-state index is 0.0317. The Bertz CT molecular complexity index is 416. The Hall–Kier alpha value is -1.66. The summed E-state index contributed by atoms with van der Waals surface area (Å²) in [6.07, 6.45) is 0. The lowest BCUT2D eigenvalue weighted by Gasteiger charge is -2.26. The Balaban J connectivity index is 2.06. The molecule has 1 aromatic carbocycles. The van der Waals surface area contributed by atoms with Crippen LogP contribution >= 0.6 is 0 Å². The van der Waals surface area contributed by atoms with Crippen LogP contribution in [0.2, 0.25) is 0 Å². The van der Waals surface area contributed by atoms with Crippen LogP contribution in [0.15, 0.2) is 18.2 Å². The molecule has 1 saturated heterocycles. The highest BCUT2D eigenvalue weighted by molar-refractivity contribution is 5.59. The zero-order chi connectivity index (χ0) is 12.3. The number of nitrogens with two attached hydrogens (primary N) is 1. The Kier molecular flexibility index (Phi) is 3.55. The van der Waals surface area contributed by atoms with Crippen LogP contribution in [0, 0.1) is 10.1 Å². The van der Waals surface area contributed by atoms with Gasteiger partial charge in [0, 0.05) is 25.7 Å². The Labute approximate surface area is 99.1 Å². The van der Waals surface area contributed by atoms with E-state index < -0.39 is 4.92 Å². The van der Waals surface area contributed by atoms with Gasteiger partial charge < -0.3 is 10.5 Å². The second kappa shape index (κ2) is 5.11. The molecule has 2 rings (SSSR count). The van der Waals surface area contributed by atoms with Crippen LogP contribution in [-0.2, 0) is 11.3 Å². The highest BCUT2D eigenvalue weighted by Crippen LogP contribution is 2.22. The van der Waals surface area contributed by atoms with Gasteiger partial charge in [0.1, 0.15) is 5.69 Å². The second-order valence-electron chi connectivity index (χ2n) is 4.04. The normalized spacial score (nSPS) is 16.9. The monoisotopic (exact) mass is 237 g/mol. The van der Waals surface area contributed by atoms with Crippen LogP contribution in [0.5, 0.6) is 0 Å². The smallest absolute Gasteiger partial charge is 0.292 e. The summed E-state index contributed by atoms with van der Waals surface area (Å²) in [4.78, 5) is 12.4. The van der Waals surface area contributed by atoms with Gasteiger partial charge >= 0.3 is 0 Å². The van der Waals surface area contributed by atoms with Gasteiger partial charge in [-0.15, -0.1) is 0 Å². The fourth-order valence-corrected chi connectivity index (χ4v) is 1.89. The third-order valence-corrected chi connectivity index (χ3v) is 2.80. The lowest BCUT2D eigenvalue weighted by atomic mass is 10.1. The van der Waals surface area contributed by atoms with Crippen molar-refractivity contribution in [3.05, 3.63) is 33.9 Å². The first kappa shape index (κ1) is 11.8. The zero-order valence-electron chi connectivity index (χ0n) is 9.46. The fourth-order valence-electron chi connectivity index (χ4n) is 1.89. The zero-order valence-corrected chi connectivity index (χ0v) is 9.46. The van der Waals surface area contributed by atoms with Gasteiger partial charge in [-0.2, -0.15) is 0 Å². The van der Waals surface area contributed by atoms with Crippen LogP contribution in [-0.4, -0.2) is 36.1 Å². The number of ether oxygens (including phenoxy) is 1. The summed E-state index contributed by atoms with van der Waals surface area (Å²) in [5, 5.41) is 10.6. The van der Waals surface area contributed by atoms with Gasteiger partial charge in [0.05, 0.1) is 18.1 Å². The molecule has 17 heavy (non-hydrogen) atoms. The molecule has 0 aliphatic carbocycles. The number of hydrogen-bond acceptors (Lipinski definition) is 5. The molecule has 0 saturated carbocycles. The summed E-state index contributed by atoms with van der Waals surface area (Å²) in [7, 11) is 0. The number of nitro groups is 1. The van der Waals surface area contributed by atoms with E-state index in [1.165, 1.54) is 6.07 Å². The van der Waals surface area contributed by atoms with E-state index in [0.717, 1.165) is 38.4 Å². The highest BCUT2D eigenvalue weighted by Gasteiger charge is 2.14. The summed E-state index contributed by atoms with van der Waals surface area (Å²) in [6.45, 7) is 4.00. The summed E-state index contributed by atoms with van der Waals surface area (Å²) in [6, 6.07) is 4.89.